The van der Waals surface area contributed by atoms with E-state index in [4.69, 9.17) is 11.6 Å². The number of nitro groups is 1. The van der Waals surface area contributed by atoms with Crippen molar-refractivity contribution >= 4 is 40.5 Å². The number of rotatable bonds is 6. The molecule has 0 aliphatic rings. The van der Waals surface area contributed by atoms with Gasteiger partial charge in [-0.15, -0.1) is 0 Å². The molecule has 0 spiro atoms. The number of carbonyl (C=O) groups excluding carboxylic acids is 2. The smallest absolute Gasteiger partial charge is 0.326 e. The summed E-state index contributed by atoms with van der Waals surface area (Å²) < 4.78 is 38.1. The van der Waals surface area contributed by atoms with E-state index in [1.54, 1.807) is 0 Å². The van der Waals surface area contributed by atoms with Crippen LogP contribution in [0.3, 0.4) is 0 Å². The van der Waals surface area contributed by atoms with Gasteiger partial charge in [-0.05, 0) is 31.2 Å². The zero-order valence-corrected chi connectivity index (χ0v) is 16.0. The highest BCUT2D eigenvalue weighted by Crippen LogP contribution is 2.30. The molecule has 0 aromatic heterocycles. The molecule has 12 heteroatoms. The van der Waals surface area contributed by atoms with Crippen LogP contribution in [0.15, 0.2) is 47.6 Å². The Balaban J connectivity index is 1.97. The van der Waals surface area contributed by atoms with Crippen LogP contribution >= 0.6 is 11.6 Å². The second kappa shape index (κ2) is 9.35. The van der Waals surface area contributed by atoms with Crippen molar-refractivity contribution in [2.45, 2.75) is 19.5 Å². The normalized spacial score (nSPS) is 11.7. The molecule has 0 aliphatic heterocycles. The van der Waals surface area contributed by atoms with E-state index in [1.165, 1.54) is 13.0 Å². The number of nitro benzene ring substituents is 1. The average Bonchev–Trinajstić information content (AvgIpc) is 2.65. The molecular weight excluding hydrogens is 429 g/mol. The fraction of sp³-hybridized carbons (Fsp3) is 0.167. The quantitative estimate of drug-likeness (QED) is 0.392. The number of carbonyl (C=O) groups is 2. The minimum atomic E-state index is -4.54. The minimum Gasteiger partial charge on any atom is -0.326 e. The minimum absolute atomic E-state index is 0.0377. The number of halogens is 4. The summed E-state index contributed by atoms with van der Waals surface area (Å²) >= 11 is 5.85. The molecule has 0 radical (unpaired) electrons. The van der Waals surface area contributed by atoms with Gasteiger partial charge in [-0.1, -0.05) is 17.7 Å². The Morgan fingerprint density at radius 2 is 1.90 bits per heavy atom. The van der Waals surface area contributed by atoms with Crippen LogP contribution in [0, 0.1) is 10.1 Å². The molecule has 0 atom stereocenters. The lowest BCUT2D eigenvalue weighted by atomic mass is 10.2. The first-order valence-corrected chi connectivity index (χ1v) is 8.59. The summed E-state index contributed by atoms with van der Waals surface area (Å²) in [6.45, 7) is 1.42. The van der Waals surface area contributed by atoms with Gasteiger partial charge >= 0.3 is 6.18 Å². The van der Waals surface area contributed by atoms with E-state index >= 15 is 0 Å². The van der Waals surface area contributed by atoms with E-state index < -0.39 is 28.5 Å². The first-order chi connectivity index (χ1) is 14.0. The number of hydrazone groups is 1. The summed E-state index contributed by atoms with van der Waals surface area (Å²) in [5.74, 6) is -1.40. The van der Waals surface area contributed by atoms with Gasteiger partial charge in [0.25, 0.3) is 11.6 Å². The monoisotopic (exact) mass is 442 g/mol. The lowest BCUT2D eigenvalue weighted by Crippen LogP contribution is -2.22. The number of alkyl halides is 3. The molecule has 2 rings (SSSR count). The Labute approximate surface area is 172 Å². The number of nitrogens with one attached hydrogen (secondary N) is 2. The van der Waals surface area contributed by atoms with Crippen LogP contribution in [0.25, 0.3) is 0 Å². The Morgan fingerprint density at radius 3 is 2.50 bits per heavy atom. The Bertz CT molecular complexity index is 1020. The van der Waals surface area contributed by atoms with E-state index in [1.807, 2.05) is 0 Å². The number of anilines is 1. The van der Waals surface area contributed by atoms with Crippen LogP contribution in [0.4, 0.5) is 24.5 Å². The first-order valence-electron chi connectivity index (χ1n) is 8.22. The van der Waals surface area contributed by atoms with E-state index in [9.17, 15) is 32.9 Å². The summed E-state index contributed by atoms with van der Waals surface area (Å²) in [6.07, 6.45) is -4.84. The second-order valence-electron chi connectivity index (χ2n) is 6.01. The van der Waals surface area contributed by atoms with Gasteiger partial charge < -0.3 is 5.32 Å². The predicted octanol–water partition coefficient (Wildman–Crippen LogP) is 4.40. The fourth-order valence-electron chi connectivity index (χ4n) is 2.26. The maximum absolute atomic E-state index is 12.7. The van der Waals surface area contributed by atoms with Crippen LogP contribution in [-0.2, 0) is 11.0 Å². The SMILES string of the molecule is CC(CC(=O)Nc1cccc(C(F)(F)F)c1)=NNC(=O)c1ccc([N+](=O)[O-])cc1Cl. The predicted molar refractivity (Wildman–Crippen MR) is 103 cm³/mol. The zero-order valence-electron chi connectivity index (χ0n) is 15.3. The van der Waals surface area contributed by atoms with Gasteiger partial charge in [-0.3, -0.25) is 19.7 Å². The van der Waals surface area contributed by atoms with Gasteiger partial charge in [0.05, 0.1) is 27.5 Å². The van der Waals surface area contributed by atoms with Crippen molar-refractivity contribution in [3.63, 3.8) is 0 Å². The van der Waals surface area contributed by atoms with Gasteiger partial charge in [0.15, 0.2) is 0 Å². The highest BCUT2D eigenvalue weighted by Gasteiger charge is 2.30. The van der Waals surface area contributed by atoms with Crippen molar-refractivity contribution in [2.24, 2.45) is 5.10 Å². The summed E-state index contributed by atoms with van der Waals surface area (Å²) in [7, 11) is 0. The number of benzene rings is 2. The molecule has 0 heterocycles. The highest BCUT2D eigenvalue weighted by atomic mass is 35.5. The average molecular weight is 443 g/mol. The molecule has 30 heavy (non-hydrogen) atoms. The van der Waals surface area contributed by atoms with Gasteiger partial charge in [0, 0.05) is 23.5 Å². The molecule has 0 fully saturated rings. The maximum Gasteiger partial charge on any atom is 0.416 e. The summed E-state index contributed by atoms with van der Waals surface area (Å²) in [6, 6.07) is 7.39. The molecule has 0 unspecified atom stereocenters. The van der Waals surface area contributed by atoms with Crippen molar-refractivity contribution in [1.29, 1.82) is 0 Å². The Kier molecular flexibility index (Phi) is 7.11. The molecule has 0 saturated heterocycles. The topological polar surface area (TPSA) is 114 Å². The molecule has 2 N–H and O–H groups in total. The zero-order chi connectivity index (χ0) is 22.5. The van der Waals surface area contributed by atoms with Gasteiger partial charge in [0.2, 0.25) is 5.91 Å². The van der Waals surface area contributed by atoms with Crippen LogP contribution in [0.5, 0.6) is 0 Å². The van der Waals surface area contributed by atoms with Crippen LogP contribution in [0.2, 0.25) is 5.02 Å². The molecule has 158 valence electrons. The van der Waals surface area contributed by atoms with Crippen molar-refractivity contribution in [2.75, 3.05) is 5.32 Å². The lowest BCUT2D eigenvalue weighted by molar-refractivity contribution is -0.384. The highest BCUT2D eigenvalue weighted by molar-refractivity contribution is 6.34. The van der Waals surface area contributed by atoms with Crippen LogP contribution in [0.1, 0.15) is 29.3 Å². The summed E-state index contributed by atoms with van der Waals surface area (Å²) in [5.41, 5.74) is 1.02. The molecule has 0 saturated carbocycles. The Morgan fingerprint density at radius 1 is 1.20 bits per heavy atom. The van der Waals surface area contributed by atoms with Gasteiger partial charge in [0.1, 0.15) is 0 Å². The van der Waals surface area contributed by atoms with Crippen molar-refractivity contribution < 1.29 is 27.7 Å². The molecule has 8 nitrogen and oxygen atoms in total. The fourth-order valence-corrected chi connectivity index (χ4v) is 2.52. The molecule has 0 aliphatic carbocycles. The second-order valence-corrected chi connectivity index (χ2v) is 6.42. The number of hydrogen-bond acceptors (Lipinski definition) is 5. The van der Waals surface area contributed by atoms with E-state index in [-0.39, 0.29) is 34.1 Å². The largest absolute Gasteiger partial charge is 0.416 e. The third kappa shape index (κ3) is 6.27. The molecule has 0 bridgehead atoms. The first kappa shape index (κ1) is 22.8. The number of nitrogens with zero attached hydrogens (tertiary/aromatic N) is 2. The maximum atomic E-state index is 12.7. The third-order valence-electron chi connectivity index (χ3n) is 3.65. The number of non-ortho nitro benzene ring substituents is 1. The van der Waals surface area contributed by atoms with E-state index in [0.29, 0.717) is 0 Å². The molecular formula is C18H14ClF3N4O4. The van der Waals surface area contributed by atoms with Crippen LogP contribution < -0.4 is 10.7 Å². The molecule has 2 aromatic carbocycles. The van der Waals surface area contributed by atoms with Crippen LogP contribution in [-0.4, -0.2) is 22.4 Å². The van der Waals surface area contributed by atoms with Gasteiger partial charge in [-0.2, -0.15) is 18.3 Å². The summed E-state index contributed by atoms with van der Waals surface area (Å²) in [4.78, 5) is 34.1. The third-order valence-corrected chi connectivity index (χ3v) is 3.96. The standard InChI is InChI=1S/C18H14ClF3N4O4/c1-10(7-16(27)23-12-4-2-3-11(8-12)18(20,21)22)24-25-17(28)14-6-5-13(26(29)30)9-15(14)19/h2-6,8-9H,7H2,1H3,(H,23,27)(H,25,28). The van der Waals surface area contributed by atoms with Crippen molar-refractivity contribution in [3.05, 3.63) is 68.7 Å². The number of amides is 2. The van der Waals surface area contributed by atoms with E-state index in [2.05, 4.69) is 15.8 Å². The van der Waals surface area contributed by atoms with Gasteiger partial charge in [-0.25, -0.2) is 5.43 Å². The molecule has 2 aromatic rings. The van der Waals surface area contributed by atoms with Crippen molar-refractivity contribution in [3.8, 4) is 0 Å². The Hall–Kier alpha value is -3.47. The lowest BCUT2D eigenvalue weighted by Gasteiger charge is -2.10. The molecule has 2 amide bonds. The van der Waals surface area contributed by atoms with E-state index in [0.717, 1.165) is 36.4 Å². The summed E-state index contributed by atoms with van der Waals surface area (Å²) in [5, 5.41) is 16.6. The number of hydrogen-bond donors (Lipinski definition) is 2. The van der Waals surface area contributed by atoms with Crippen molar-refractivity contribution in [1.82, 2.24) is 5.43 Å².